The van der Waals surface area contributed by atoms with Gasteiger partial charge in [-0.1, -0.05) is 12.8 Å². The van der Waals surface area contributed by atoms with Crippen LogP contribution in [0.1, 0.15) is 41.2 Å². The fourth-order valence-corrected chi connectivity index (χ4v) is 3.55. The van der Waals surface area contributed by atoms with Crippen molar-refractivity contribution in [1.82, 2.24) is 10.3 Å². The number of hydrogen-bond acceptors (Lipinski definition) is 5. The van der Waals surface area contributed by atoms with E-state index in [2.05, 4.69) is 10.3 Å². The molecule has 0 spiro atoms. The minimum absolute atomic E-state index is 0.0228. The second-order valence-electron chi connectivity index (χ2n) is 5.36. The molecule has 0 radical (unpaired) electrons. The molecule has 6 nitrogen and oxygen atoms in total. The van der Waals surface area contributed by atoms with Crippen molar-refractivity contribution in [3.05, 3.63) is 16.1 Å². The molecule has 0 saturated heterocycles. The van der Waals surface area contributed by atoms with Gasteiger partial charge in [-0.05, 0) is 25.3 Å². The summed E-state index contributed by atoms with van der Waals surface area (Å²) in [4.78, 5) is 26.9. The summed E-state index contributed by atoms with van der Waals surface area (Å²) in [5, 5.41) is 14.0. The maximum Gasteiger partial charge on any atom is 0.355 e. The van der Waals surface area contributed by atoms with Gasteiger partial charge in [0.05, 0.1) is 5.01 Å². The van der Waals surface area contributed by atoms with Gasteiger partial charge in [0, 0.05) is 24.3 Å². The van der Waals surface area contributed by atoms with E-state index in [9.17, 15) is 9.59 Å². The van der Waals surface area contributed by atoms with Gasteiger partial charge in [-0.15, -0.1) is 11.3 Å². The number of carbonyl (C=O) groups is 2. The van der Waals surface area contributed by atoms with Crippen molar-refractivity contribution in [1.29, 1.82) is 0 Å². The molecule has 21 heavy (non-hydrogen) atoms. The Labute approximate surface area is 127 Å². The van der Waals surface area contributed by atoms with Crippen molar-refractivity contribution in [3.63, 3.8) is 0 Å². The summed E-state index contributed by atoms with van der Waals surface area (Å²) in [6, 6.07) is 0. The third-order valence-electron chi connectivity index (χ3n) is 3.96. The molecular weight excluding hydrogens is 290 g/mol. The van der Waals surface area contributed by atoms with Crippen LogP contribution in [-0.2, 0) is 11.2 Å². The van der Waals surface area contributed by atoms with Gasteiger partial charge < -0.3 is 16.2 Å². The predicted molar refractivity (Wildman–Crippen MR) is 80.3 cm³/mol. The SMILES string of the molecule is NCC1CCCCC1C(=O)NCCc1nc(C(=O)O)cs1. The van der Waals surface area contributed by atoms with Crippen LogP contribution >= 0.6 is 11.3 Å². The van der Waals surface area contributed by atoms with Crippen molar-refractivity contribution in [2.45, 2.75) is 32.1 Å². The van der Waals surface area contributed by atoms with Crippen LogP contribution in [0.2, 0.25) is 0 Å². The Morgan fingerprint density at radius 2 is 2.19 bits per heavy atom. The maximum atomic E-state index is 12.2. The number of aromatic carboxylic acids is 1. The zero-order valence-corrected chi connectivity index (χ0v) is 12.7. The van der Waals surface area contributed by atoms with Crippen LogP contribution < -0.4 is 11.1 Å². The molecule has 4 N–H and O–H groups in total. The maximum absolute atomic E-state index is 12.2. The highest BCUT2D eigenvalue weighted by Crippen LogP contribution is 2.29. The number of rotatable bonds is 6. The van der Waals surface area contributed by atoms with Gasteiger partial charge in [0.1, 0.15) is 0 Å². The molecule has 7 heteroatoms. The van der Waals surface area contributed by atoms with Crippen molar-refractivity contribution in [2.24, 2.45) is 17.6 Å². The van der Waals surface area contributed by atoms with E-state index in [0.717, 1.165) is 30.7 Å². The molecule has 1 aromatic rings. The Hall–Kier alpha value is -1.47. The highest BCUT2D eigenvalue weighted by molar-refractivity contribution is 7.09. The van der Waals surface area contributed by atoms with E-state index in [1.54, 1.807) is 0 Å². The van der Waals surface area contributed by atoms with Gasteiger partial charge in [0.25, 0.3) is 0 Å². The summed E-state index contributed by atoms with van der Waals surface area (Å²) in [5.41, 5.74) is 5.80. The third kappa shape index (κ3) is 4.25. The number of nitrogens with zero attached hydrogens (tertiary/aromatic N) is 1. The average molecular weight is 311 g/mol. The van der Waals surface area contributed by atoms with E-state index in [1.807, 2.05) is 0 Å². The molecule has 1 aromatic heterocycles. The normalized spacial score (nSPS) is 22.0. The smallest absolute Gasteiger partial charge is 0.355 e. The number of thiazole rings is 1. The Balaban J connectivity index is 1.79. The van der Waals surface area contributed by atoms with Gasteiger partial charge in [-0.25, -0.2) is 9.78 Å². The summed E-state index contributed by atoms with van der Waals surface area (Å²) in [7, 11) is 0. The number of carboxylic acid groups (broad SMARTS) is 1. The number of aromatic nitrogens is 1. The molecule has 1 heterocycles. The van der Waals surface area contributed by atoms with Crippen LogP contribution in [0, 0.1) is 11.8 Å². The van der Waals surface area contributed by atoms with E-state index < -0.39 is 5.97 Å². The summed E-state index contributed by atoms with van der Waals surface area (Å²) in [6.45, 7) is 1.05. The Kier molecular flexibility index (Phi) is 5.69. The summed E-state index contributed by atoms with van der Waals surface area (Å²) in [5.74, 6) is -0.637. The van der Waals surface area contributed by atoms with Crippen LogP contribution in [0.5, 0.6) is 0 Å². The lowest BCUT2D eigenvalue weighted by molar-refractivity contribution is -0.127. The lowest BCUT2D eigenvalue weighted by Crippen LogP contribution is -2.40. The van der Waals surface area contributed by atoms with Crippen molar-refractivity contribution in [3.8, 4) is 0 Å². The second-order valence-corrected chi connectivity index (χ2v) is 6.30. The monoisotopic (exact) mass is 311 g/mol. The van der Waals surface area contributed by atoms with Gasteiger partial charge in [0.2, 0.25) is 5.91 Å². The molecule has 2 rings (SSSR count). The Bertz CT molecular complexity index is 503. The van der Waals surface area contributed by atoms with Crippen LogP contribution in [-0.4, -0.2) is 35.1 Å². The Morgan fingerprint density at radius 3 is 2.86 bits per heavy atom. The molecule has 1 aliphatic rings. The molecule has 0 aliphatic heterocycles. The van der Waals surface area contributed by atoms with E-state index in [1.165, 1.54) is 16.7 Å². The van der Waals surface area contributed by atoms with E-state index in [-0.39, 0.29) is 23.4 Å². The van der Waals surface area contributed by atoms with Crippen LogP contribution in [0.3, 0.4) is 0 Å². The molecule has 116 valence electrons. The molecule has 1 aliphatic carbocycles. The summed E-state index contributed by atoms with van der Waals surface area (Å²) in [6.07, 6.45) is 4.74. The first kappa shape index (κ1) is 15.9. The lowest BCUT2D eigenvalue weighted by atomic mass is 9.79. The van der Waals surface area contributed by atoms with Crippen molar-refractivity contribution in [2.75, 3.05) is 13.1 Å². The zero-order chi connectivity index (χ0) is 15.2. The van der Waals surface area contributed by atoms with Gasteiger partial charge in [-0.2, -0.15) is 0 Å². The number of carbonyl (C=O) groups excluding carboxylic acids is 1. The van der Waals surface area contributed by atoms with Crippen LogP contribution in [0.25, 0.3) is 0 Å². The van der Waals surface area contributed by atoms with E-state index in [4.69, 9.17) is 10.8 Å². The first-order valence-electron chi connectivity index (χ1n) is 7.27. The molecule has 1 fully saturated rings. The van der Waals surface area contributed by atoms with Crippen LogP contribution in [0.4, 0.5) is 0 Å². The molecular formula is C14H21N3O3S. The molecule has 2 unspecified atom stereocenters. The first-order valence-corrected chi connectivity index (χ1v) is 8.15. The predicted octanol–water partition coefficient (Wildman–Crippen LogP) is 1.27. The van der Waals surface area contributed by atoms with Gasteiger partial charge in [-0.3, -0.25) is 4.79 Å². The molecule has 0 bridgehead atoms. The first-order chi connectivity index (χ1) is 10.1. The largest absolute Gasteiger partial charge is 0.476 e. The third-order valence-corrected chi connectivity index (χ3v) is 4.87. The number of nitrogens with two attached hydrogens (primary N) is 1. The van der Waals surface area contributed by atoms with Gasteiger partial charge in [0.15, 0.2) is 5.69 Å². The summed E-state index contributed by atoms with van der Waals surface area (Å²) < 4.78 is 0. The zero-order valence-electron chi connectivity index (χ0n) is 11.9. The quantitative estimate of drug-likeness (QED) is 0.733. The summed E-state index contributed by atoms with van der Waals surface area (Å²) >= 11 is 1.31. The number of amides is 1. The number of hydrogen-bond donors (Lipinski definition) is 3. The minimum Gasteiger partial charge on any atom is -0.476 e. The number of carboxylic acids is 1. The minimum atomic E-state index is -1.02. The van der Waals surface area contributed by atoms with E-state index in [0.29, 0.717) is 19.5 Å². The highest BCUT2D eigenvalue weighted by atomic mass is 32.1. The highest BCUT2D eigenvalue weighted by Gasteiger charge is 2.29. The number of nitrogens with one attached hydrogen (secondary N) is 1. The fourth-order valence-electron chi connectivity index (χ4n) is 2.78. The lowest BCUT2D eigenvalue weighted by Gasteiger charge is -2.29. The molecule has 0 aromatic carbocycles. The second kappa shape index (κ2) is 7.51. The molecule has 2 atom stereocenters. The Morgan fingerprint density at radius 1 is 1.43 bits per heavy atom. The topological polar surface area (TPSA) is 105 Å². The van der Waals surface area contributed by atoms with Crippen molar-refractivity contribution < 1.29 is 14.7 Å². The standard InChI is InChI=1S/C14H21N3O3S/c15-7-9-3-1-2-4-10(9)13(18)16-6-5-12-17-11(8-21-12)14(19)20/h8-10H,1-7,15H2,(H,16,18)(H,19,20). The molecule has 1 saturated carbocycles. The fraction of sp³-hybridized carbons (Fsp3) is 0.643. The van der Waals surface area contributed by atoms with Crippen molar-refractivity contribution >= 4 is 23.2 Å². The van der Waals surface area contributed by atoms with Crippen LogP contribution in [0.15, 0.2) is 5.38 Å². The molecule has 1 amide bonds. The average Bonchev–Trinajstić information content (AvgIpc) is 2.96. The van der Waals surface area contributed by atoms with E-state index >= 15 is 0 Å². The van der Waals surface area contributed by atoms with Gasteiger partial charge >= 0.3 is 5.97 Å².